The molecule has 0 spiro atoms. The third-order valence-corrected chi connectivity index (χ3v) is 10.9. The summed E-state index contributed by atoms with van der Waals surface area (Å²) in [6.45, 7) is 0. The van der Waals surface area contributed by atoms with Crippen molar-refractivity contribution < 1.29 is 0 Å². The summed E-state index contributed by atoms with van der Waals surface area (Å²) in [7, 11) is 0. The summed E-state index contributed by atoms with van der Waals surface area (Å²) in [5, 5.41) is 2.55. The van der Waals surface area contributed by atoms with E-state index in [1.54, 1.807) is 0 Å². The third kappa shape index (κ3) is 5.70. The van der Waals surface area contributed by atoms with Crippen LogP contribution in [-0.2, 0) is 0 Å². The molecule has 0 N–H and O–H groups in total. The molecule has 2 aliphatic carbocycles. The van der Waals surface area contributed by atoms with E-state index >= 15 is 0 Å². The average Bonchev–Trinajstić information content (AvgIpc) is 3.59. The van der Waals surface area contributed by atoms with Gasteiger partial charge in [-0.05, 0) is 82.4 Å². The highest BCUT2D eigenvalue weighted by Crippen LogP contribution is 2.43. The van der Waals surface area contributed by atoms with Crippen LogP contribution in [0.15, 0.2) is 218 Å². The van der Waals surface area contributed by atoms with Gasteiger partial charge >= 0.3 is 0 Å². The number of allylic oxidation sites excluding steroid dienone is 8. The zero-order chi connectivity index (χ0) is 35.8. The summed E-state index contributed by atoms with van der Waals surface area (Å²) in [6, 6.07) is 63.7. The van der Waals surface area contributed by atoms with Crippen LogP contribution in [0.5, 0.6) is 0 Å². The van der Waals surface area contributed by atoms with Crippen molar-refractivity contribution in [3.63, 3.8) is 0 Å². The van der Waals surface area contributed by atoms with Crippen molar-refractivity contribution in [1.29, 1.82) is 0 Å². The molecule has 54 heavy (non-hydrogen) atoms. The van der Waals surface area contributed by atoms with Crippen LogP contribution in [0.25, 0.3) is 55.3 Å². The lowest BCUT2D eigenvalue weighted by Crippen LogP contribution is -2.14. The normalized spacial score (nSPS) is 16.0. The van der Waals surface area contributed by atoms with Crippen LogP contribution in [0, 0.1) is 11.8 Å². The van der Waals surface area contributed by atoms with Crippen molar-refractivity contribution in [2.24, 2.45) is 11.8 Å². The second kappa shape index (κ2) is 13.6. The SMILES string of the molecule is C1=CC2C=CC(c3ccccc3N(c3ccc(-c4ccccc4)cc3)c3ccc(-c4ccc(-n5c6ccccc6c6ccccc65)cc4)cc3)=CC2C=C1. The predicted molar refractivity (Wildman–Crippen MR) is 229 cm³/mol. The van der Waals surface area contributed by atoms with Crippen molar-refractivity contribution in [3.8, 4) is 27.9 Å². The Hall–Kier alpha value is -6.90. The molecular formula is C52H38N2. The average molecular weight is 691 g/mol. The molecule has 2 heteroatoms. The van der Waals surface area contributed by atoms with E-state index in [-0.39, 0.29) is 0 Å². The van der Waals surface area contributed by atoms with Crippen LogP contribution >= 0.6 is 0 Å². The van der Waals surface area contributed by atoms with Crippen LogP contribution in [0.4, 0.5) is 17.1 Å². The molecule has 2 aliphatic rings. The minimum atomic E-state index is 0.363. The molecule has 0 aliphatic heterocycles. The van der Waals surface area contributed by atoms with Gasteiger partial charge in [0.05, 0.1) is 16.7 Å². The topological polar surface area (TPSA) is 8.17 Å². The number of hydrogen-bond donors (Lipinski definition) is 0. The lowest BCUT2D eigenvalue weighted by atomic mass is 9.81. The molecule has 256 valence electrons. The number of anilines is 3. The number of rotatable bonds is 7. The molecule has 7 aromatic carbocycles. The molecule has 0 radical (unpaired) electrons. The number of fused-ring (bicyclic) bond motifs is 4. The molecule has 10 rings (SSSR count). The zero-order valence-electron chi connectivity index (χ0n) is 29.8. The minimum Gasteiger partial charge on any atom is -0.310 e. The van der Waals surface area contributed by atoms with Gasteiger partial charge in [0.15, 0.2) is 0 Å². The molecule has 2 nitrogen and oxygen atoms in total. The smallest absolute Gasteiger partial charge is 0.0541 e. The maximum atomic E-state index is 2.42. The van der Waals surface area contributed by atoms with Gasteiger partial charge in [-0.15, -0.1) is 0 Å². The van der Waals surface area contributed by atoms with Gasteiger partial charge in [0.2, 0.25) is 0 Å². The quantitative estimate of drug-likeness (QED) is 0.162. The highest BCUT2D eigenvalue weighted by atomic mass is 15.1. The standard InChI is InChI=1S/C52H38N2/c1-2-12-37(13-3-1)39-24-30-44(31-25-39)53(50-19-9-6-16-47(50)43-23-22-38-14-4-5-15-42(38)36-43)45-32-26-40(27-33-45)41-28-34-46(35-29-41)54-51-20-10-7-17-48(51)49-18-8-11-21-52(49)54/h1-36,38,42H. The van der Waals surface area contributed by atoms with Crippen LogP contribution in [0.1, 0.15) is 5.56 Å². The highest BCUT2D eigenvalue weighted by Gasteiger charge is 2.22. The molecular weight excluding hydrogens is 653 g/mol. The first-order chi connectivity index (χ1) is 26.8. The van der Waals surface area contributed by atoms with E-state index in [1.807, 2.05) is 0 Å². The van der Waals surface area contributed by atoms with Crippen molar-refractivity contribution in [2.75, 3.05) is 4.90 Å². The van der Waals surface area contributed by atoms with E-state index in [2.05, 4.69) is 228 Å². The maximum Gasteiger partial charge on any atom is 0.0541 e. The van der Waals surface area contributed by atoms with Gasteiger partial charge in [0.1, 0.15) is 0 Å². The fraction of sp³-hybridized carbons (Fsp3) is 0.0385. The van der Waals surface area contributed by atoms with Crippen molar-refractivity contribution in [2.45, 2.75) is 0 Å². The Kier molecular flexibility index (Phi) is 8.00. The Morgan fingerprint density at radius 1 is 0.407 bits per heavy atom. The van der Waals surface area contributed by atoms with Crippen molar-refractivity contribution in [1.82, 2.24) is 4.57 Å². The largest absolute Gasteiger partial charge is 0.310 e. The second-order valence-corrected chi connectivity index (χ2v) is 14.1. The van der Waals surface area contributed by atoms with Gasteiger partial charge in [-0.25, -0.2) is 0 Å². The summed E-state index contributed by atoms with van der Waals surface area (Å²) < 4.78 is 2.37. The maximum absolute atomic E-state index is 2.42. The van der Waals surface area contributed by atoms with Crippen molar-refractivity contribution >= 4 is 44.4 Å². The monoisotopic (exact) mass is 690 g/mol. The Labute approximate surface area is 316 Å². The number of benzene rings is 7. The summed E-state index contributed by atoms with van der Waals surface area (Å²) >= 11 is 0. The van der Waals surface area contributed by atoms with Crippen LogP contribution in [0.2, 0.25) is 0 Å². The molecule has 2 atom stereocenters. The van der Waals surface area contributed by atoms with E-state index in [4.69, 9.17) is 0 Å². The Bertz CT molecular complexity index is 2690. The first kappa shape index (κ1) is 31.8. The number of aromatic nitrogens is 1. The van der Waals surface area contributed by atoms with Crippen molar-refractivity contribution in [3.05, 3.63) is 224 Å². The molecule has 0 saturated heterocycles. The van der Waals surface area contributed by atoms with Gasteiger partial charge in [-0.1, -0.05) is 164 Å². The second-order valence-electron chi connectivity index (χ2n) is 14.1. The molecule has 8 aromatic rings. The fourth-order valence-corrected chi connectivity index (χ4v) is 8.24. The van der Waals surface area contributed by atoms with Crippen LogP contribution in [0.3, 0.4) is 0 Å². The molecule has 1 aromatic heterocycles. The molecule has 0 fully saturated rings. The van der Waals surface area contributed by atoms with Gasteiger partial charge < -0.3 is 9.47 Å². The lowest BCUT2D eigenvalue weighted by molar-refractivity contribution is 0.663. The van der Waals surface area contributed by atoms with E-state index in [0.717, 1.165) is 22.7 Å². The fourth-order valence-electron chi connectivity index (χ4n) is 8.24. The summed E-state index contributed by atoms with van der Waals surface area (Å²) in [5.74, 6) is 0.776. The molecule has 2 unspecified atom stereocenters. The highest BCUT2D eigenvalue weighted by molar-refractivity contribution is 6.09. The van der Waals surface area contributed by atoms with E-state index in [9.17, 15) is 0 Å². The van der Waals surface area contributed by atoms with Crippen LogP contribution < -0.4 is 4.90 Å². The Morgan fingerprint density at radius 3 is 1.54 bits per heavy atom. The number of nitrogens with zero attached hydrogens (tertiary/aromatic N) is 2. The molecule has 0 saturated carbocycles. The molecule has 1 heterocycles. The van der Waals surface area contributed by atoms with E-state index < -0.39 is 0 Å². The van der Waals surface area contributed by atoms with Crippen LogP contribution in [-0.4, -0.2) is 4.57 Å². The third-order valence-electron chi connectivity index (χ3n) is 10.9. The van der Waals surface area contributed by atoms with E-state index in [1.165, 1.54) is 55.2 Å². The Morgan fingerprint density at radius 2 is 0.907 bits per heavy atom. The lowest BCUT2D eigenvalue weighted by Gasteiger charge is -2.30. The zero-order valence-corrected chi connectivity index (χ0v) is 29.8. The minimum absolute atomic E-state index is 0.363. The van der Waals surface area contributed by atoms with Gasteiger partial charge in [-0.2, -0.15) is 0 Å². The van der Waals surface area contributed by atoms with Gasteiger partial charge in [-0.3, -0.25) is 0 Å². The Balaban J connectivity index is 1.02. The van der Waals surface area contributed by atoms with E-state index in [0.29, 0.717) is 11.8 Å². The van der Waals surface area contributed by atoms with Gasteiger partial charge in [0, 0.05) is 45.2 Å². The van der Waals surface area contributed by atoms with Gasteiger partial charge in [0.25, 0.3) is 0 Å². The molecule has 0 bridgehead atoms. The first-order valence-corrected chi connectivity index (χ1v) is 18.8. The molecule has 0 amide bonds. The summed E-state index contributed by atoms with van der Waals surface area (Å²) in [5.41, 5.74) is 14.2. The summed E-state index contributed by atoms with van der Waals surface area (Å²) in [6.07, 6.45) is 16.0. The summed E-state index contributed by atoms with van der Waals surface area (Å²) in [4.78, 5) is 2.40. The number of para-hydroxylation sites is 3. The first-order valence-electron chi connectivity index (χ1n) is 18.8. The number of hydrogen-bond acceptors (Lipinski definition) is 1. The predicted octanol–water partition coefficient (Wildman–Crippen LogP) is 13.9.